The number of carboxylic acid groups (broad SMARTS) is 1. The molecule has 0 saturated carbocycles. The minimum absolute atomic E-state index is 0.0183. The molecule has 0 aromatic heterocycles. The van der Waals surface area contributed by atoms with Crippen molar-refractivity contribution in [3.63, 3.8) is 0 Å². The van der Waals surface area contributed by atoms with E-state index < -0.39 is 12.1 Å². The highest BCUT2D eigenvalue weighted by Crippen LogP contribution is 2.28. The third-order valence-corrected chi connectivity index (χ3v) is 4.01. The van der Waals surface area contributed by atoms with Crippen LogP contribution in [-0.2, 0) is 9.53 Å². The SMILES string of the molecule is CCC1OC1C/C=C\C/C=C\C/C=C\C/C=C\C=C\C(O)CCC(=O)O. The van der Waals surface area contributed by atoms with E-state index in [4.69, 9.17) is 9.84 Å². The maximum absolute atomic E-state index is 10.4. The van der Waals surface area contributed by atoms with Gasteiger partial charge in [-0.3, -0.25) is 4.79 Å². The largest absolute Gasteiger partial charge is 0.481 e. The molecule has 1 fully saturated rings. The highest BCUT2D eigenvalue weighted by Gasteiger charge is 2.35. The van der Waals surface area contributed by atoms with Gasteiger partial charge in [0.2, 0.25) is 0 Å². The van der Waals surface area contributed by atoms with E-state index in [0.29, 0.717) is 12.2 Å². The van der Waals surface area contributed by atoms with Crippen molar-refractivity contribution >= 4 is 5.97 Å². The Labute approximate surface area is 157 Å². The molecule has 1 saturated heterocycles. The Morgan fingerprint density at radius 3 is 2.15 bits per heavy atom. The second-order valence-corrected chi connectivity index (χ2v) is 6.29. The average molecular weight is 360 g/mol. The molecule has 4 nitrogen and oxygen atoms in total. The minimum Gasteiger partial charge on any atom is -0.481 e. The molecule has 3 unspecified atom stereocenters. The lowest BCUT2D eigenvalue weighted by atomic mass is 10.2. The molecule has 26 heavy (non-hydrogen) atoms. The molecule has 1 aliphatic heterocycles. The van der Waals surface area contributed by atoms with E-state index in [0.717, 1.165) is 32.1 Å². The first kappa shape index (κ1) is 22.1. The Morgan fingerprint density at radius 1 is 0.962 bits per heavy atom. The fourth-order valence-corrected chi connectivity index (χ4v) is 2.41. The van der Waals surface area contributed by atoms with Crippen molar-refractivity contribution in [2.24, 2.45) is 0 Å². The van der Waals surface area contributed by atoms with Crippen LogP contribution in [0.4, 0.5) is 0 Å². The molecule has 0 aromatic carbocycles. The molecule has 0 aliphatic carbocycles. The zero-order valence-corrected chi connectivity index (χ0v) is 15.7. The Morgan fingerprint density at radius 2 is 1.58 bits per heavy atom. The Hall–Kier alpha value is -1.91. The Bertz CT molecular complexity index is 528. The van der Waals surface area contributed by atoms with Crippen LogP contribution in [0.15, 0.2) is 60.8 Å². The zero-order chi connectivity index (χ0) is 19.0. The zero-order valence-electron chi connectivity index (χ0n) is 15.7. The fourth-order valence-electron chi connectivity index (χ4n) is 2.41. The summed E-state index contributed by atoms with van der Waals surface area (Å²) >= 11 is 0. The maximum Gasteiger partial charge on any atom is 0.303 e. The van der Waals surface area contributed by atoms with Crippen molar-refractivity contribution in [3.8, 4) is 0 Å². The van der Waals surface area contributed by atoms with Gasteiger partial charge in [-0.15, -0.1) is 0 Å². The van der Waals surface area contributed by atoms with Gasteiger partial charge in [-0.1, -0.05) is 67.7 Å². The van der Waals surface area contributed by atoms with Crippen molar-refractivity contribution in [3.05, 3.63) is 60.8 Å². The van der Waals surface area contributed by atoms with E-state index in [1.54, 1.807) is 12.2 Å². The number of hydrogen-bond acceptors (Lipinski definition) is 3. The van der Waals surface area contributed by atoms with Crippen molar-refractivity contribution in [2.45, 2.75) is 70.2 Å². The summed E-state index contributed by atoms with van der Waals surface area (Å²) in [6, 6.07) is 0. The number of ether oxygens (including phenoxy) is 1. The molecule has 0 radical (unpaired) electrons. The summed E-state index contributed by atoms with van der Waals surface area (Å²) in [6.07, 6.45) is 25.5. The lowest BCUT2D eigenvalue weighted by molar-refractivity contribution is -0.137. The molecule has 144 valence electrons. The second-order valence-electron chi connectivity index (χ2n) is 6.29. The van der Waals surface area contributed by atoms with Crippen LogP contribution < -0.4 is 0 Å². The predicted octanol–water partition coefficient (Wildman–Crippen LogP) is 4.73. The van der Waals surface area contributed by atoms with E-state index in [-0.39, 0.29) is 12.8 Å². The molecule has 0 spiro atoms. The standard InChI is InChI=1S/C22H32O4/c1-2-20-21(26-20)16-14-12-10-8-6-4-3-5-7-9-11-13-15-19(23)17-18-22(24)25/h3,5-6,8-9,11-15,19-21,23H,2,4,7,10,16-18H2,1H3,(H,24,25)/b5-3-,8-6-,11-9-,14-12-,15-13+. The monoisotopic (exact) mass is 360 g/mol. The van der Waals surface area contributed by atoms with Crippen LogP contribution in [0.25, 0.3) is 0 Å². The van der Waals surface area contributed by atoms with Gasteiger partial charge in [-0.2, -0.15) is 0 Å². The third kappa shape index (κ3) is 12.5. The van der Waals surface area contributed by atoms with Crippen LogP contribution in [-0.4, -0.2) is 34.5 Å². The Kier molecular flexibility index (Phi) is 12.2. The fraction of sp³-hybridized carbons (Fsp3) is 0.500. The lowest BCUT2D eigenvalue weighted by Crippen LogP contribution is -2.05. The molecule has 0 bridgehead atoms. The molecule has 1 heterocycles. The van der Waals surface area contributed by atoms with E-state index in [2.05, 4.69) is 43.4 Å². The number of carboxylic acids is 1. The van der Waals surface area contributed by atoms with Gasteiger partial charge in [0.05, 0.1) is 18.3 Å². The van der Waals surface area contributed by atoms with Crippen molar-refractivity contribution in [1.29, 1.82) is 0 Å². The first-order valence-corrected chi connectivity index (χ1v) is 9.47. The Balaban J connectivity index is 1.97. The number of aliphatic hydroxyl groups excluding tert-OH is 1. The van der Waals surface area contributed by atoms with Crippen LogP contribution in [0.5, 0.6) is 0 Å². The highest BCUT2D eigenvalue weighted by atomic mass is 16.6. The number of rotatable bonds is 14. The number of allylic oxidation sites excluding steroid dienone is 8. The number of hydrogen-bond donors (Lipinski definition) is 2. The number of aliphatic carboxylic acids is 1. The number of epoxide rings is 1. The quantitative estimate of drug-likeness (QED) is 0.267. The van der Waals surface area contributed by atoms with Gasteiger partial charge in [0.1, 0.15) is 0 Å². The van der Waals surface area contributed by atoms with Crippen molar-refractivity contribution in [2.75, 3.05) is 0 Å². The molecule has 1 rings (SSSR count). The molecule has 0 amide bonds. The van der Waals surface area contributed by atoms with E-state index >= 15 is 0 Å². The molecular weight excluding hydrogens is 328 g/mol. The molecule has 3 atom stereocenters. The summed E-state index contributed by atoms with van der Waals surface area (Å²) in [5, 5.41) is 18.0. The van der Waals surface area contributed by atoms with Gasteiger partial charge in [-0.25, -0.2) is 0 Å². The maximum atomic E-state index is 10.4. The summed E-state index contributed by atoms with van der Waals surface area (Å²) < 4.78 is 5.48. The molecule has 4 heteroatoms. The van der Waals surface area contributed by atoms with Gasteiger partial charge >= 0.3 is 5.97 Å². The average Bonchev–Trinajstić information content (AvgIpc) is 3.38. The molecule has 2 N–H and O–H groups in total. The molecular formula is C22H32O4. The van der Waals surface area contributed by atoms with Gasteiger partial charge in [0.25, 0.3) is 0 Å². The third-order valence-electron chi connectivity index (χ3n) is 4.01. The normalized spacial score (nSPS) is 21.8. The van der Waals surface area contributed by atoms with Crippen molar-refractivity contribution < 1.29 is 19.7 Å². The number of aliphatic hydroxyl groups is 1. The highest BCUT2D eigenvalue weighted by molar-refractivity contribution is 5.66. The van der Waals surface area contributed by atoms with E-state index in [1.165, 1.54) is 0 Å². The minimum atomic E-state index is -0.888. The van der Waals surface area contributed by atoms with Gasteiger partial charge in [-0.05, 0) is 38.5 Å². The van der Waals surface area contributed by atoms with Gasteiger partial charge in [0.15, 0.2) is 0 Å². The van der Waals surface area contributed by atoms with E-state index in [1.807, 2.05) is 12.2 Å². The summed E-state index contributed by atoms with van der Waals surface area (Å²) in [5.74, 6) is -0.888. The van der Waals surface area contributed by atoms with Crippen LogP contribution in [0.3, 0.4) is 0 Å². The second kappa shape index (κ2) is 14.3. The van der Waals surface area contributed by atoms with Crippen LogP contribution in [0.1, 0.15) is 51.9 Å². The summed E-state index contributed by atoms with van der Waals surface area (Å²) in [7, 11) is 0. The molecule has 1 aliphatic rings. The summed E-state index contributed by atoms with van der Waals surface area (Å²) in [4.78, 5) is 10.4. The first-order valence-electron chi connectivity index (χ1n) is 9.47. The predicted molar refractivity (Wildman–Crippen MR) is 106 cm³/mol. The smallest absolute Gasteiger partial charge is 0.303 e. The first-order chi connectivity index (χ1) is 12.6. The van der Waals surface area contributed by atoms with Gasteiger partial charge in [0, 0.05) is 6.42 Å². The lowest BCUT2D eigenvalue weighted by Gasteiger charge is -2.00. The topological polar surface area (TPSA) is 70.1 Å². The van der Waals surface area contributed by atoms with Crippen LogP contribution >= 0.6 is 0 Å². The van der Waals surface area contributed by atoms with Crippen molar-refractivity contribution in [1.82, 2.24) is 0 Å². The molecule has 0 aromatic rings. The van der Waals surface area contributed by atoms with Gasteiger partial charge < -0.3 is 14.9 Å². The van der Waals surface area contributed by atoms with Crippen LogP contribution in [0.2, 0.25) is 0 Å². The van der Waals surface area contributed by atoms with E-state index in [9.17, 15) is 9.90 Å². The summed E-state index contributed by atoms with van der Waals surface area (Å²) in [5.41, 5.74) is 0. The summed E-state index contributed by atoms with van der Waals surface area (Å²) in [6.45, 7) is 2.16. The van der Waals surface area contributed by atoms with Crippen LogP contribution in [0, 0.1) is 0 Å². The number of carbonyl (C=O) groups is 1.